The smallest absolute Gasteiger partial charge is 0.377 e. The number of aryl methyl sites for hydroxylation is 1. The first-order valence-electron chi connectivity index (χ1n) is 6.81. The number of benzene rings is 2. The summed E-state index contributed by atoms with van der Waals surface area (Å²) in [6, 6.07) is 15.8. The van der Waals surface area contributed by atoms with E-state index in [1.165, 1.54) is 20.5 Å². The first kappa shape index (κ1) is 15.6. The van der Waals surface area contributed by atoms with Crippen molar-refractivity contribution in [1.29, 1.82) is 0 Å². The van der Waals surface area contributed by atoms with E-state index in [0.717, 1.165) is 16.7 Å². The predicted molar refractivity (Wildman–Crippen MR) is 84.4 cm³/mol. The van der Waals surface area contributed by atoms with E-state index < -0.39 is 5.97 Å². The molecule has 0 heterocycles. The topological polar surface area (TPSA) is 44.8 Å². The van der Waals surface area contributed by atoms with Crippen molar-refractivity contribution in [2.24, 2.45) is 0 Å². The third-order valence-corrected chi connectivity index (χ3v) is 3.13. The second-order valence-corrected chi connectivity index (χ2v) is 4.66. The molecule has 22 heavy (non-hydrogen) atoms. The number of methoxy groups -OCH3 is 2. The highest BCUT2D eigenvalue weighted by atomic mass is 16.6. The van der Waals surface area contributed by atoms with Crippen LogP contribution in [0.4, 0.5) is 0 Å². The zero-order chi connectivity index (χ0) is 15.9. The summed E-state index contributed by atoms with van der Waals surface area (Å²) < 4.78 is 15.2. The van der Waals surface area contributed by atoms with E-state index in [-0.39, 0.29) is 5.76 Å². The van der Waals surface area contributed by atoms with Crippen LogP contribution >= 0.6 is 0 Å². The minimum atomic E-state index is -0.591. The molecule has 2 rings (SSSR count). The monoisotopic (exact) mass is 298 g/mol. The van der Waals surface area contributed by atoms with Crippen molar-refractivity contribution in [2.45, 2.75) is 6.92 Å². The lowest BCUT2D eigenvalue weighted by atomic mass is 10.0. The molecule has 0 spiro atoms. The van der Waals surface area contributed by atoms with Gasteiger partial charge in [0.2, 0.25) is 5.76 Å². The molecule has 0 bridgehead atoms. The molecule has 2 aromatic rings. The van der Waals surface area contributed by atoms with Crippen LogP contribution in [-0.2, 0) is 14.3 Å². The maximum absolute atomic E-state index is 11.7. The molecule has 0 radical (unpaired) electrons. The lowest BCUT2D eigenvalue weighted by Gasteiger charge is -2.12. The van der Waals surface area contributed by atoms with E-state index >= 15 is 0 Å². The van der Waals surface area contributed by atoms with Gasteiger partial charge in [0, 0.05) is 0 Å². The van der Waals surface area contributed by atoms with Crippen molar-refractivity contribution >= 4 is 5.97 Å². The van der Waals surface area contributed by atoms with Gasteiger partial charge in [-0.25, -0.2) is 4.79 Å². The SMILES string of the molecule is CO/C=C(/Oc1cc(-c2ccccc2)ccc1C)C(=O)OC. The normalized spacial score (nSPS) is 11.0. The van der Waals surface area contributed by atoms with Crippen molar-refractivity contribution in [2.75, 3.05) is 14.2 Å². The fourth-order valence-corrected chi connectivity index (χ4v) is 1.96. The molecule has 0 aliphatic carbocycles. The van der Waals surface area contributed by atoms with E-state index in [1.54, 1.807) is 0 Å². The van der Waals surface area contributed by atoms with E-state index in [2.05, 4.69) is 4.74 Å². The van der Waals surface area contributed by atoms with Gasteiger partial charge in [0.25, 0.3) is 0 Å². The Kier molecular flexibility index (Phi) is 5.20. The molecular formula is C18H18O4. The molecule has 0 fully saturated rings. The average Bonchev–Trinajstić information content (AvgIpc) is 2.56. The van der Waals surface area contributed by atoms with Gasteiger partial charge in [-0.3, -0.25) is 0 Å². The number of ether oxygens (including phenoxy) is 3. The Labute approximate surface area is 129 Å². The first-order chi connectivity index (χ1) is 10.7. The van der Waals surface area contributed by atoms with Gasteiger partial charge < -0.3 is 14.2 Å². The number of rotatable bonds is 5. The van der Waals surface area contributed by atoms with Crippen LogP contribution in [0.25, 0.3) is 11.1 Å². The zero-order valence-corrected chi connectivity index (χ0v) is 12.8. The van der Waals surface area contributed by atoms with Gasteiger partial charge in [0.05, 0.1) is 14.2 Å². The van der Waals surface area contributed by atoms with Gasteiger partial charge in [-0.1, -0.05) is 42.5 Å². The van der Waals surface area contributed by atoms with Crippen molar-refractivity contribution < 1.29 is 19.0 Å². The molecule has 0 atom stereocenters. The summed E-state index contributed by atoms with van der Waals surface area (Å²) in [7, 11) is 2.74. The summed E-state index contributed by atoms with van der Waals surface area (Å²) in [6.07, 6.45) is 1.22. The molecule has 4 heteroatoms. The largest absolute Gasteiger partial charge is 0.500 e. The van der Waals surface area contributed by atoms with Crippen LogP contribution in [0.3, 0.4) is 0 Å². The molecule has 4 nitrogen and oxygen atoms in total. The molecule has 0 aromatic heterocycles. The van der Waals surface area contributed by atoms with Gasteiger partial charge >= 0.3 is 5.97 Å². The number of hydrogen-bond acceptors (Lipinski definition) is 4. The molecule has 0 saturated heterocycles. The van der Waals surface area contributed by atoms with Crippen molar-refractivity contribution in [3.05, 3.63) is 66.1 Å². The second kappa shape index (κ2) is 7.31. The fraction of sp³-hybridized carbons (Fsp3) is 0.167. The highest BCUT2D eigenvalue weighted by Gasteiger charge is 2.15. The maximum atomic E-state index is 11.7. The minimum absolute atomic E-state index is 0.00156. The lowest BCUT2D eigenvalue weighted by molar-refractivity contribution is -0.138. The molecule has 0 amide bonds. The van der Waals surface area contributed by atoms with E-state index in [9.17, 15) is 4.79 Å². The Balaban J connectivity index is 2.35. The van der Waals surface area contributed by atoms with Gasteiger partial charge in [-0.15, -0.1) is 0 Å². The minimum Gasteiger partial charge on any atom is -0.500 e. The van der Waals surface area contributed by atoms with Gasteiger partial charge in [-0.2, -0.15) is 0 Å². The van der Waals surface area contributed by atoms with Crippen molar-refractivity contribution in [1.82, 2.24) is 0 Å². The average molecular weight is 298 g/mol. The number of carbonyl (C=O) groups excluding carboxylic acids is 1. The molecule has 0 aliphatic rings. The fourth-order valence-electron chi connectivity index (χ4n) is 1.96. The summed E-state index contributed by atoms with van der Waals surface area (Å²) in [4.78, 5) is 11.7. The van der Waals surface area contributed by atoms with Crippen molar-refractivity contribution in [3.8, 4) is 16.9 Å². The molecule has 114 valence electrons. The Bertz CT molecular complexity index is 675. The predicted octanol–water partition coefficient (Wildman–Crippen LogP) is 3.70. The molecule has 0 N–H and O–H groups in total. The Morgan fingerprint density at radius 2 is 1.73 bits per heavy atom. The summed E-state index contributed by atoms with van der Waals surface area (Å²) in [5.74, 6) is -0.0141. The number of carbonyl (C=O) groups is 1. The van der Waals surface area contributed by atoms with Crippen LogP contribution in [0.15, 0.2) is 60.6 Å². The van der Waals surface area contributed by atoms with Crippen LogP contribution < -0.4 is 4.74 Å². The van der Waals surface area contributed by atoms with E-state index in [1.807, 2.05) is 55.5 Å². The molecule has 0 unspecified atom stereocenters. The Hall–Kier alpha value is -2.75. The van der Waals surface area contributed by atoms with Crippen LogP contribution in [0, 0.1) is 6.92 Å². The summed E-state index contributed by atoms with van der Waals surface area (Å²) in [5.41, 5.74) is 2.98. The van der Waals surface area contributed by atoms with Crippen LogP contribution in [0.5, 0.6) is 5.75 Å². The first-order valence-corrected chi connectivity index (χ1v) is 6.81. The lowest BCUT2D eigenvalue weighted by Crippen LogP contribution is -2.11. The Morgan fingerprint density at radius 3 is 2.36 bits per heavy atom. The summed E-state index contributed by atoms with van der Waals surface area (Å²) >= 11 is 0. The highest BCUT2D eigenvalue weighted by molar-refractivity contribution is 5.86. The number of hydrogen-bond donors (Lipinski definition) is 0. The second-order valence-electron chi connectivity index (χ2n) is 4.66. The van der Waals surface area contributed by atoms with E-state index in [4.69, 9.17) is 9.47 Å². The Morgan fingerprint density at radius 1 is 1.00 bits per heavy atom. The molecular weight excluding hydrogens is 280 g/mol. The maximum Gasteiger partial charge on any atom is 0.377 e. The van der Waals surface area contributed by atoms with Gasteiger partial charge in [0.15, 0.2) is 0 Å². The molecule has 0 saturated carbocycles. The molecule has 2 aromatic carbocycles. The zero-order valence-electron chi connectivity index (χ0n) is 12.8. The van der Waals surface area contributed by atoms with Gasteiger partial charge in [0.1, 0.15) is 12.0 Å². The van der Waals surface area contributed by atoms with Gasteiger partial charge in [-0.05, 0) is 29.7 Å². The summed E-state index contributed by atoms with van der Waals surface area (Å²) in [6.45, 7) is 1.91. The third-order valence-electron chi connectivity index (χ3n) is 3.13. The third kappa shape index (κ3) is 3.67. The van der Waals surface area contributed by atoms with Crippen LogP contribution in [0.2, 0.25) is 0 Å². The van der Waals surface area contributed by atoms with Crippen LogP contribution in [0.1, 0.15) is 5.56 Å². The number of esters is 1. The summed E-state index contributed by atoms with van der Waals surface area (Å²) in [5, 5.41) is 0. The molecule has 0 aliphatic heterocycles. The standard InChI is InChI=1S/C18H18O4/c1-13-9-10-15(14-7-5-4-6-8-14)11-16(13)22-17(12-20-2)18(19)21-3/h4-12H,1-3H3/b17-12+. The van der Waals surface area contributed by atoms with E-state index in [0.29, 0.717) is 5.75 Å². The van der Waals surface area contributed by atoms with Crippen molar-refractivity contribution in [3.63, 3.8) is 0 Å². The quantitative estimate of drug-likeness (QED) is 0.479. The highest BCUT2D eigenvalue weighted by Crippen LogP contribution is 2.28. The van der Waals surface area contributed by atoms with Crippen LogP contribution in [-0.4, -0.2) is 20.2 Å².